The zero-order valence-electron chi connectivity index (χ0n) is 18.6. The van der Waals surface area contributed by atoms with Crippen molar-refractivity contribution in [3.8, 4) is 10.4 Å². The fraction of sp³-hybridized carbons (Fsp3) is 0.292. The van der Waals surface area contributed by atoms with Crippen LogP contribution >= 0.6 is 22.7 Å². The third-order valence-corrected chi connectivity index (χ3v) is 7.89. The van der Waals surface area contributed by atoms with Gasteiger partial charge in [0.25, 0.3) is 5.56 Å². The second-order valence-electron chi connectivity index (χ2n) is 8.28. The molecule has 5 rings (SSSR count). The molecule has 4 aromatic rings. The van der Waals surface area contributed by atoms with Gasteiger partial charge in [0.2, 0.25) is 5.91 Å². The molecule has 0 radical (unpaired) electrons. The molecule has 34 heavy (non-hydrogen) atoms. The Morgan fingerprint density at radius 1 is 1.18 bits per heavy atom. The number of carbonyl (C=O) groups is 1. The number of aromatic nitrogens is 2. The first-order chi connectivity index (χ1) is 16.5. The van der Waals surface area contributed by atoms with E-state index in [9.17, 15) is 14.0 Å². The van der Waals surface area contributed by atoms with Crippen molar-refractivity contribution in [2.45, 2.75) is 19.5 Å². The minimum atomic E-state index is -0.445. The highest BCUT2D eigenvalue weighted by molar-refractivity contribution is 7.18. The van der Waals surface area contributed by atoms with Crippen LogP contribution in [0.1, 0.15) is 12.7 Å². The van der Waals surface area contributed by atoms with Crippen LogP contribution in [0.3, 0.4) is 0 Å². The zero-order chi connectivity index (χ0) is 23.7. The molecular formula is C24H24FN5O2S2. The Hall–Kier alpha value is -2.92. The first kappa shape index (κ1) is 22.9. The van der Waals surface area contributed by atoms with Crippen LogP contribution in [0.15, 0.2) is 52.0 Å². The van der Waals surface area contributed by atoms with Gasteiger partial charge < -0.3 is 10.3 Å². The van der Waals surface area contributed by atoms with Crippen LogP contribution in [0.25, 0.3) is 20.7 Å². The zero-order valence-corrected chi connectivity index (χ0v) is 20.2. The topological polar surface area (TPSA) is 81.3 Å². The number of carbonyl (C=O) groups excluding carboxylic acids is 1. The SMILES string of the molecule is C[C@@H](C(=O)Nc1ccccc1F)N1CCN(Cc2nc3scc(-c4cccs4)c3c(=O)[nH]2)CC1. The van der Waals surface area contributed by atoms with Gasteiger partial charge >= 0.3 is 0 Å². The van der Waals surface area contributed by atoms with Crippen LogP contribution in [0.2, 0.25) is 0 Å². The summed E-state index contributed by atoms with van der Waals surface area (Å²) < 4.78 is 13.8. The standard InChI is InChI=1S/C24H24FN5O2S2/c1-15(22(31)26-18-6-3-2-5-17(18)25)30-10-8-29(9-11-30)13-20-27-23(32)21-16(14-34-24(21)28-20)19-7-4-12-33-19/h2-7,12,14-15H,8-11,13H2,1H3,(H,26,31)(H,27,28,32)/t15-/m0/s1. The number of amides is 1. The maximum atomic E-state index is 13.8. The van der Waals surface area contributed by atoms with Crippen LogP contribution < -0.4 is 10.9 Å². The molecule has 1 aromatic carbocycles. The first-order valence-corrected chi connectivity index (χ1v) is 12.8. The summed E-state index contributed by atoms with van der Waals surface area (Å²) >= 11 is 3.10. The third kappa shape index (κ3) is 4.67. The maximum Gasteiger partial charge on any atom is 0.260 e. The molecule has 7 nitrogen and oxygen atoms in total. The van der Waals surface area contributed by atoms with E-state index in [0.717, 1.165) is 28.4 Å². The van der Waals surface area contributed by atoms with Gasteiger partial charge in [-0.2, -0.15) is 0 Å². The highest BCUT2D eigenvalue weighted by Gasteiger charge is 2.26. The monoisotopic (exact) mass is 497 g/mol. The number of anilines is 1. The summed E-state index contributed by atoms with van der Waals surface area (Å²) in [4.78, 5) is 39.2. The molecule has 1 amide bonds. The first-order valence-electron chi connectivity index (χ1n) is 11.1. The third-order valence-electron chi connectivity index (χ3n) is 6.12. The smallest absolute Gasteiger partial charge is 0.260 e. The summed E-state index contributed by atoms with van der Waals surface area (Å²) in [5.74, 6) is -0.0234. The number of fused-ring (bicyclic) bond motifs is 1. The molecule has 1 saturated heterocycles. The van der Waals surface area contributed by atoms with Crippen LogP contribution in [0, 0.1) is 5.82 Å². The van der Waals surface area contributed by atoms with Crippen molar-refractivity contribution in [1.29, 1.82) is 0 Å². The van der Waals surface area contributed by atoms with E-state index >= 15 is 0 Å². The maximum absolute atomic E-state index is 13.8. The van der Waals surface area contributed by atoms with Crippen molar-refractivity contribution >= 4 is 44.5 Å². The number of para-hydroxylation sites is 1. The minimum absolute atomic E-state index is 0.110. The Balaban J connectivity index is 1.20. The fourth-order valence-corrected chi connectivity index (χ4v) is 5.95. The number of nitrogens with one attached hydrogen (secondary N) is 2. The second-order valence-corrected chi connectivity index (χ2v) is 10.1. The van der Waals surface area contributed by atoms with Crippen molar-refractivity contribution in [1.82, 2.24) is 19.8 Å². The number of rotatable bonds is 6. The molecule has 10 heteroatoms. The summed E-state index contributed by atoms with van der Waals surface area (Å²) in [6.07, 6.45) is 0. The predicted octanol–water partition coefficient (Wildman–Crippen LogP) is 4.00. The second kappa shape index (κ2) is 9.75. The van der Waals surface area contributed by atoms with Crippen molar-refractivity contribution in [2.75, 3.05) is 31.5 Å². The highest BCUT2D eigenvalue weighted by atomic mass is 32.1. The van der Waals surface area contributed by atoms with E-state index in [1.54, 1.807) is 29.5 Å². The van der Waals surface area contributed by atoms with Gasteiger partial charge in [0.05, 0.1) is 23.7 Å². The van der Waals surface area contributed by atoms with Crippen molar-refractivity contribution in [2.24, 2.45) is 0 Å². The Bertz CT molecular complexity index is 1360. The predicted molar refractivity (Wildman–Crippen MR) is 135 cm³/mol. The summed E-state index contributed by atoms with van der Waals surface area (Å²) in [5.41, 5.74) is 1.02. The molecule has 1 aliphatic rings. The molecule has 4 heterocycles. The van der Waals surface area contributed by atoms with Gasteiger partial charge in [-0.1, -0.05) is 18.2 Å². The van der Waals surface area contributed by atoms with Gasteiger partial charge in [0.15, 0.2) is 0 Å². The van der Waals surface area contributed by atoms with Crippen molar-refractivity contribution in [3.05, 3.63) is 69.2 Å². The molecule has 1 aliphatic heterocycles. The molecule has 0 spiro atoms. The fourth-order valence-electron chi connectivity index (χ4n) is 4.17. The number of benzene rings is 1. The molecule has 176 valence electrons. The Labute approximate surface area is 203 Å². The van der Waals surface area contributed by atoms with Crippen LogP contribution in [0.4, 0.5) is 10.1 Å². The number of halogens is 1. The lowest BCUT2D eigenvalue weighted by atomic mass is 10.2. The lowest BCUT2D eigenvalue weighted by Crippen LogP contribution is -2.52. The van der Waals surface area contributed by atoms with E-state index in [2.05, 4.69) is 20.1 Å². The Kier molecular flexibility index (Phi) is 6.55. The molecule has 0 saturated carbocycles. The van der Waals surface area contributed by atoms with E-state index in [-0.39, 0.29) is 23.2 Å². The van der Waals surface area contributed by atoms with Gasteiger partial charge in [-0.25, -0.2) is 9.37 Å². The van der Waals surface area contributed by atoms with E-state index in [1.165, 1.54) is 17.4 Å². The van der Waals surface area contributed by atoms with E-state index in [4.69, 9.17) is 4.98 Å². The largest absolute Gasteiger partial charge is 0.322 e. The lowest BCUT2D eigenvalue weighted by Gasteiger charge is -2.37. The van der Waals surface area contributed by atoms with Gasteiger partial charge in [0.1, 0.15) is 16.5 Å². The number of piperazine rings is 1. The number of H-pyrrole nitrogens is 1. The summed E-state index contributed by atoms with van der Waals surface area (Å²) in [7, 11) is 0. The van der Waals surface area contributed by atoms with Crippen molar-refractivity contribution in [3.63, 3.8) is 0 Å². The molecule has 3 aromatic heterocycles. The van der Waals surface area contributed by atoms with E-state index < -0.39 is 5.82 Å². The van der Waals surface area contributed by atoms with Gasteiger partial charge in [0, 0.05) is 42.0 Å². The molecule has 0 unspecified atom stereocenters. The quantitative estimate of drug-likeness (QED) is 0.421. The minimum Gasteiger partial charge on any atom is -0.322 e. The summed E-state index contributed by atoms with van der Waals surface area (Å²) in [6.45, 7) is 5.25. The molecule has 1 atom stereocenters. The highest BCUT2D eigenvalue weighted by Crippen LogP contribution is 2.33. The van der Waals surface area contributed by atoms with Crippen LogP contribution in [-0.2, 0) is 11.3 Å². The van der Waals surface area contributed by atoms with E-state index in [0.29, 0.717) is 30.8 Å². The lowest BCUT2D eigenvalue weighted by molar-refractivity contribution is -0.121. The van der Waals surface area contributed by atoms with Gasteiger partial charge in [-0.05, 0) is 30.5 Å². The number of hydrogen-bond donors (Lipinski definition) is 2. The number of hydrogen-bond acceptors (Lipinski definition) is 7. The van der Waals surface area contributed by atoms with E-state index in [1.807, 2.05) is 29.8 Å². The number of aromatic amines is 1. The molecule has 2 N–H and O–H groups in total. The number of nitrogens with zero attached hydrogens (tertiary/aromatic N) is 3. The summed E-state index contributed by atoms with van der Waals surface area (Å²) in [5, 5.41) is 7.32. The van der Waals surface area contributed by atoms with Crippen molar-refractivity contribution < 1.29 is 9.18 Å². The molecular weight excluding hydrogens is 473 g/mol. The van der Waals surface area contributed by atoms with Gasteiger partial charge in [-0.3, -0.25) is 19.4 Å². The van der Waals surface area contributed by atoms with Gasteiger partial charge in [-0.15, -0.1) is 22.7 Å². The molecule has 1 fully saturated rings. The normalized spacial score (nSPS) is 16.1. The average Bonchev–Trinajstić information content (AvgIpc) is 3.51. The molecule has 0 aliphatic carbocycles. The van der Waals surface area contributed by atoms with Crippen LogP contribution in [-0.4, -0.2) is 57.9 Å². The number of thiophene rings is 2. The van der Waals surface area contributed by atoms with Crippen LogP contribution in [0.5, 0.6) is 0 Å². The summed E-state index contributed by atoms with van der Waals surface area (Å²) in [6, 6.07) is 9.77. The Morgan fingerprint density at radius 3 is 2.71 bits per heavy atom. The average molecular weight is 498 g/mol. The molecule has 0 bridgehead atoms. The Morgan fingerprint density at radius 2 is 1.97 bits per heavy atom.